The minimum atomic E-state index is -1.27. The Bertz CT molecular complexity index is 566. The molecule has 3 amide bonds. The lowest BCUT2D eigenvalue weighted by atomic mass is 10.0. The van der Waals surface area contributed by atoms with Crippen LogP contribution in [0.3, 0.4) is 0 Å². The zero-order valence-corrected chi connectivity index (χ0v) is 16.0. The minimum absolute atomic E-state index is 0.185. The van der Waals surface area contributed by atoms with Crippen LogP contribution in [0.15, 0.2) is 0 Å². The van der Waals surface area contributed by atoms with E-state index in [0.717, 1.165) is 0 Å². The van der Waals surface area contributed by atoms with Crippen LogP contribution in [0.2, 0.25) is 0 Å². The number of aliphatic carboxylic acids is 1. The minimum Gasteiger partial charge on any atom is -0.480 e. The quantitative estimate of drug-likeness (QED) is 0.319. The van der Waals surface area contributed by atoms with Crippen LogP contribution >= 0.6 is 0 Å². The van der Waals surface area contributed by atoms with E-state index in [0.29, 0.717) is 25.8 Å². The van der Waals surface area contributed by atoms with Crippen molar-refractivity contribution in [1.29, 1.82) is 0 Å². The molecule has 1 heterocycles. The van der Waals surface area contributed by atoms with Gasteiger partial charge in [0.1, 0.15) is 12.1 Å². The fourth-order valence-corrected chi connectivity index (χ4v) is 2.98. The van der Waals surface area contributed by atoms with Gasteiger partial charge < -0.3 is 31.5 Å². The highest BCUT2D eigenvalue weighted by molar-refractivity contribution is 5.93. The van der Waals surface area contributed by atoms with E-state index in [1.165, 1.54) is 11.8 Å². The number of hydrogen-bond acceptors (Lipinski definition) is 6. The standard InChI is InChI=1S/C17H30N4O6/c1-9(2)7-11(18)15(24)20-14(10(3)22)16(25)19-8-13(23)21-6-4-5-12(21)17(26)27/h9-12,14,22H,4-8,18H2,1-3H3,(H,19,25)(H,20,24)(H,26,27). The third kappa shape index (κ3) is 6.79. The first-order valence-corrected chi connectivity index (χ1v) is 9.08. The molecular formula is C17H30N4O6. The summed E-state index contributed by atoms with van der Waals surface area (Å²) in [6, 6.07) is -2.98. The average molecular weight is 386 g/mol. The predicted molar refractivity (Wildman–Crippen MR) is 96.4 cm³/mol. The molecule has 1 aliphatic rings. The van der Waals surface area contributed by atoms with Gasteiger partial charge in [0, 0.05) is 6.54 Å². The Morgan fingerprint density at radius 3 is 2.33 bits per heavy atom. The molecule has 1 saturated heterocycles. The molecule has 154 valence electrons. The van der Waals surface area contributed by atoms with Gasteiger partial charge in [-0.15, -0.1) is 0 Å². The summed E-state index contributed by atoms with van der Waals surface area (Å²) in [5, 5.41) is 23.7. The van der Waals surface area contributed by atoms with Gasteiger partial charge in [0.05, 0.1) is 18.7 Å². The van der Waals surface area contributed by atoms with Crippen molar-refractivity contribution in [3.05, 3.63) is 0 Å². The molecule has 10 nitrogen and oxygen atoms in total. The Morgan fingerprint density at radius 1 is 1.19 bits per heavy atom. The summed E-state index contributed by atoms with van der Waals surface area (Å²) < 4.78 is 0. The number of carboxylic acid groups (broad SMARTS) is 1. The zero-order valence-electron chi connectivity index (χ0n) is 16.0. The molecule has 10 heteroatoms. The first-order valence-electron chi connectivity index (χ1n) is 9.08. The maximum absolute atomic E-state index is 12.3. The van der Waals surface area contributed by atoms with Crippen LogP contribution in [0.4, 0.5) is 0 Å². The summed E-state index contributed by atoms with van der Waals surface area (Å²) >= 11 is 0. The molecule has 0 bridgehead atoms. The van der Waals surface area contributed by atoms with E-state index in [1.807, 2.05) is 13.8 Å². The van der Waals surface area contributed by atoms with Gasteiger partial charge in [0.15, 0.2) is 0 Å². The number of rotatable bonds is 9. The third-order valence-corrected chi connectivity index (χ3v) is 4.40. The molecule has 4 atom stereocenters. The lowest BCUT2D eigenvalue weighted by Crippen LogP contribution is -2.57. The summed E-state index contributed by atoms with van der Waals surface area (Å²) in [5.41, 5.74) is 5.77. The molecule has 0 spiro atoms. The molecule has 0 aromatic heterocycles. The molecule has 0 saturated carbocycles. The number of carboxylic acids is 1. The second-order valence-corrected chi connectivity index (χ2v) is 7.26. The third-order valence-electron chi connectivity index (χ3n) is 4.40. The van der Waals surface area contributed by atoms with Gasteiger partial charge in [0.2, 0.25) is 17.7 Å². The number of hydrogen-bond donors (Lipinski definition) is 5. The number of nitrogens with one attached hydrogen (secondary N) is 2. The number of carbonyl (C=O) groups is 4. The second-order valence-electron chi connectivity index (χ2n) is 7.26. The van der Waals surface area contributed by atoms with Crippen LogP contribution in [0.5, 0.6) is 0 Å². The Kier molecular flexibility index (Phi) is 8.64. The van der Waals surface area contributed by atoms with E-state index < -0.39 is 54.5 Å². The van der Waals surface area contributed by atoms with Crippen LogP contribution in [-0.2, 0) is 19.2 Å². The molecule has 0 aromatic carbocycles. The van der Waals surface area contributed by atoms with E-state index in [9.17, 15) is 24.3 Å². The van der Waals surface area contributed by atoms with Crippen molar-refractivity contribution in [2.45, 2.75) is 64.3 Å². The summed E-state index contributed by atoms with van der Waals surface area (Å²) in [4.78, 5) is 48.9. The van der Waals surface area contributed by atoms with Gasteiger partial charge in [-0.3, -0.25) is 14.4 Å². The summed E-state index contributed by atoms with van der Waals surface area (Å²) in [5.74, 6) is -2.73. The van der Waals surface area contributed by atoms with E-state index >= 15 is 0 Å². The second kappa shape index (κ2) is 10.2. The molecule has 0 radical (unpaired) electrons. The highest BCUT2D eigenvalue weighted by Gasteiger charge is 2.34. The molecule has 0 aromatic rings. The Morgan fingerprint density at radius 2 is 1.81 bits per heavy atom. The van der Waals surface area contributed by atoms with Gasteiger partial charge >= 0.3 is 5.97 Å². The summed E-state index contributed by atoms with van der Waals surface area (Å²) in [6.07, 6.45) is 0.171. The van der Waals surface area contributed by atoms with Crippen LogP contribution in [-0.4, -0.2) is 76.1 Å². The van der Waals surface area contributed by atoms with Gasteiger partial charge in [-0.1, -0.05) is 13.8 Å². The smallest absolute Gasteiger partial charge is 0.326 e. The van der Waals surface area contributed by atoms with Gasteiger partial charge in [-0.2, -0.15) is 0 Å². The van der Waals surface area contributed by atoms with E-state index in [1.54, 1.807) is 0 Å². The summed E-state index contributed by atoms with van der Waals surface area (Å²) in [6.45, 7) is 5.04. The lowest BCUT2D eigenvalue weighted by molar-refractivity contribution is -0.148. The van der Waals surface area contributed by atoms with Crippen molar-refractivity contribution in [2.75, 3.05) is 13.1 Å². The molecule has 27 heavy (non-hydrogen) atoms. The highest BCUT2D eigenvalue weighted by atomic mass is 16.4. The number of carbonyl (C=O) groups excluding carboxylic acids is 3. The number of nitrogens with zero attached hydrogens (tertiary/aromatic N) is 1. The molecule has 1 rings (SSSR count). The van der Waals surface area contributed by atoms with Crippen LogP contribution < -0.4 is 16.4 Å². The van der Waals surface area contributed by atoms with Crippen molar-refractivity contribution in [1.82, 2.24) is 15.5 Å². The van der Waals surface area contributed by atoms with Crippen molar-refractivity contribution >= 4 is 23.7 Å². The molecule has 4 unspecified atom stereocenters. The number of aliphatic hydroxyl groups excluding tert-OH is 1. The normalized spacial score (nSPS) is 20.1. The maximum Gasteiger partial charge on any atom is 0.326 e. The van der Waals surface area contributed by atoms with Crippen LogP contribution in [0, 0.1) is 5.92 Å². The largest absolute Gasteiger partial charge is 0.480 e. The Balaban J connectivity index is 2.61. The molecule has 6 N–H and O–H groups in total. The maximum atomic E-state index is 12.3. The van der Waals surface area contributed by atoms with Crippen molar-refractivity contribution in [3.8, 4) is 0 Å². The predicted octanol–water partition coefficient (Wildman–Crippen LogP) is -1.58. The number of nitrogens with two attached hydrogens (primary N) is 1. The molecular weight excluding hydrogens is 356 g/mol. The first kappa shape index (κ1) is 22.8. The number of likely N-dealkylation sites (tertiary alicyclic amines) is 1. The Hall–Kier alpha value is -2.20. The van der Waals surface area contributed by atoms with Gasteiger partial charge in [0.25, 0.3) is 0 Å². The van der Waals surface area contributed by atoms with Crippen LogP contribution in [0.1, 0.15) is 40.0 Å². The fraction of sp³-hybridized carbons (Fsp3) is 0.765. The van der Waals surface area contributed by atoms with Crippen molar-refractivity contribution in [2.24, 2.45) is 11.7 Å². The van der Waals surface area contributed by atoms with Crippen molar-refractivity contribution < 1.29 is 29.4 Å². The number of amides is 3. The monoisotopic (exact) mass is 386 g/mol. The first-order chi connectivity index (χ1) is 12.5. The Labute approximate surface area is 158 Å². The van der Waals surface area contributed by atoms with E-state index in [2.05, 4.69) is 10.6 Å². The van der Waals surface area contributed by atoms with Crippen molar-refractivity contribution in [3.63, 3.8) is 0 Å². The molecule has 0 aliphatic carbocycles. The lowest BCUT2D eigenvalue weighted by Gasteiger charge is -2.25. The van der Waals surface area contributed by atoms with E-state index in [-0.39, 0.29) is 5.92 Å². The average Bonchev–Trinajstić information content (AvgIpc) is 3.06. The number of aliphatic hydroxyl groups is 1. The summed E-state index contributed by atoms with van der Waals surface area (Å²) in [7, 11) is 0. The SMILES string of the molecule is CC(C)CC(N)C(=O)NC(C(=O)NCC(=O)N1CCCC1C(=O)O)C(C)O. The fourth-order valence-electron chi connectivity index (χ4n) is 2.98. The topological polar surface area (TPSA) is 162 Å². The molecule has 1 fully saturated rings. The highest BCUT2D eigenvalue weighted by Crippen LogP contribution is 2.17. The van der Waals surface area contributed by atoms with Gasteiger partial charge in [-0.05, 0) is 32.1 Å². The molecule has 1 aliphatic heterocycles. The van der Waals surface area contributed by atoms with E-state index in [4.69, 9.17) is 10.8 Å². The van der Waals surface area contributed by atoms with Crippen LogP contribution in [0.25, 0.3) is 0 Å². The zero-order chi connectivity index (χ0) is 20.7. The van der Waals surface area contributed by atoms with Gasteiger partial charge in [-0.25, -0.2) is 4.79 Å².